The van der Waals surface area contributed by atoms with Gasteiger partial charge in [0, 0.05) is 0 Å². The predicted molar refractivity (Wildman–Crippen MR) is 58.3 cm³/mol. The molecule has 0 spiro atoms. The van der Waals surface area contributed by atoms with Crippen molar-refractivity contribution in [1.29, 1.82) is 0 Å². The molecule has 0 aromatic carbocycles. The monoisotopic (exact) mass is 202 g/mol. The lowest BCUT2D eigenvalue weighted by atomic mass is 10.1. The fourth-order valence-corrected chi connectivity index (χ4v) is 1.15. The first-order valence-electron chi connectivity index (χ1n) is 5.13. The van der Waals surface area contributed by atoms with E-state index in [-0.39, 0.29) is 13.1 Å². The van der Waals surface area contributed by atoms with Gasteiger partial charge in [0.2, 0.25) is 0 Å². The van der Waals surface area contributed by atoms with Crippen LogP contribution in [0.3, 0.4) is 0 Å². The van der Waals surface area contributed by atoms with Crippen LogP contribution in [0.2, 0.25) is 0 Å². The standard InChI is InChI=1S/C10H20O.CH2O2/c1-3-5-6-7-10(4-2)8-9-11;2-1-3/h8,11H,3-7,9H2,1-2H3;1H,(H,2,3). The Hall–Kier alpha value is -0.830. The van der Waals surface area contributed by atoms with Crippen LogP contribution in [-0.2, 0) is 4.79 Å². The molecule has 0 aliphatic carbocycles. The van der Waals surface area contributed by atoms with Crippen molar-refractivity contribution in [3.8, 4) is 0 Å². The van der Waals surface area contributed by atoms with Gasteiger partial charge >= 0.3 is 0 Å². The van der Waals surface area contributed by atoms with Crippen molar-refractivity contribution in [2.45, 2.75) is 46.0 Å². The van der Waals surface area contributed by atoms with Crippen molar-refractivity contribution in [3.05, 3.63) is 11.6 Å². The van der Waals surface area contributed by atoms with Crippen molar-refractivity contribution >= 4 is 6.47 Å². The number of carboxylic acid groups (broad SMARTS) is 1. The first kappa shape index (κ1) is 15.6. The molecule has 0 aromatic rings. The van der Waals surface area contributed by atoms with Gasteiger partial charge in [-0.25, -0.2) is 0 Å². The molecule has 0 fully saturated rings. The second-order valence-corrected chi connectivity index (χ2v) is 2.96. The summed E-state index contributed by atoms with van der Waals surface area (Å²) >= 11 is 0. The SMILES string of the molecule is CCCCCC(=CCO)CC.O=CO. The number of hydrogen-bond donors (Lipinski definition) is 2. The lowest BCUT2D eigenvalue weighted by Crippen LogP contribution is -1.85. The van der Waals surface area contributed by atoms with Crippen LogP contribution in [0, 0.1) is 0 Å². The van der Waals surface area contributed by atoms with Gasteiger partial charge < -0.3 is 10.2 Å². The number of carbonyl (C=O) groups is 1. The highest BCUT2D eigenvalue weighted by atomic mass is 16.3. The molecule has 0 bridgehead atoms. The predicted octanol–water partition coefficient (Wildman–Crippen LogP) is 2.60. The number of rotatable bonds is 6. The third-order valence-electron chi connectivity index (χ3n) is 1.94. The van der Waals surface area contributed by atoms with E-state index in [0.29, 0.717) is 0 Å². The van der Waals surface area contributed by atoms with E-state index in [4.69, 9.17) is 15.0 Å². The highest BCUT2D eigenvalue weighted by Gasteiger charge is 1.92. The summed E-state index contributed by atoms with van der Waals surface area (Å²) < 4.78 is 0. The minimum atomic E-state index is -0.250. The molecule has 0 aliphatic heterocycles. The van der Waals surface area contributed by atoms with Gasteiger partial charge in [0.25, 0.3) is 6.47 Å². The van der Waals surface area contributed by atoms with Gasteiger partial charge in [-0.2, -0.15) is 0 Å². The van der Waals surface area contributed by atoms with E-state index < -0.39 is 0 Å². The van der Waals surface area contributed by atoms with Crippen molar-refractivity contribution in [2.75, 3.05) is 6.61 Å². The maximum absolute atomic E-state index is 8.65. The maximum atomic E-state index is 8.65. The smallest absolute Gasteiger partial charge is 0.290 e. The molecule has 2 N–H and O–H groups in total. The summed E-state index contributed by atoms with van der Waals surface area (Å²) in [4.78, 5) is 8.36. The molecule has 14 heavy (non-hydrogen) atoms. The zero-order chi connectivity index (χ0) is 11.2. The molecule has 0 radical (unpaired) electrons. The molecule has 0 unspecified atom stereocenters. The van der Waals surface area contributed by atoms with Gasteiger partial charge in [-0.15, -0.1) is 0 Å². The lowest BCUT2D eigenvalue weighted by Gasteiger charge is -2.02. The molecule has 3 nitrogen and oxygen atoms in total. The Kier molecular flexibility index (Phi) is 16.4. The Bertz CT molecular complexity index is 141. The second-order valence-electron chi connectivity index (χ2n) is 2.96. The van der Waals surface area contributed by atoms with Crippen LogP contribution in [0.5, 0.6) is 0 Å². The molecule has 3 heteroatoms. The Morgan fingerprint density at radius 3 is 2.21 bits per heavy atom. The van der Waals surface area contributed by atoms with Crippen LogP contribution >= 0.6 is 0 Å². The normalized spacial score (nSPS) is 10.4. The summed E-state index contributed by atoms with van der Waals surface area (Å²) in [6.45, 7) is 4.31. The molecule has 0 rings (SSSR count). The van der Waals surface area contributed by atoms with E-state index in [1.54, 1.807) is 0 Å². The highest BCUT2D eigenvalue weighted by molar-refractivity contribution is 5.32. The van der Waals surface area contributed by atoms with Crippen LogP contribution in [0.15, 0.2) is 11.6 Å². The Morgan fingerprint density at radius 2 is 1.86 bits per heavy atom. The van der Waals surface area contributed by atoms with Gasteiger partial charge in [-0.1, -0.05) is 38.3 Å². The largest absolute Gasteiger partial charge is 0.483 e. The van der Waals surface area contributed by atoms with E-state index in [9.17, 15) is 0 Å². The van der Waals surface area contributed by atoms with Gasteiger partial charge in [0.15, 0.2) is 0 Å². The molecule has 0 atom stereocenters. The van der Waals surface area contributed by atoms with Crippen molar-refractivity contribution in [2.24, 2.45) is 0 Å². The topological polar surface area (TPSA) is 57.5 Å². The highest BCUT2D eigenvalue weighted by Crippen LogP contribution is 2.11. The van der Waals surface area contributed by atoms with Crippen LogP contribution < -0.4 is 0 Å². The van der Waals surface area contributed by atoms with E-state index in [1.807, 2.05) is 6.08 Å². The van der Waals surface area contributed by atoms with Crippen LogP contribution in [0.25, 0.3) is 0 Å². The number of aliphatic hydroxyl groups is 1. The Balaban J connectivity index is 0. The zero-order valence-electron chi connectivity index (χ0n) is 9.20. The van der Waals surface area contributed by atoms with E-state index in [0.717, 1.165) is 6.42 Å². The van der Waals surface area contributed by atoms with E-state index in [1.165, 1.54) is 31.3 Å². The molecule has 0 saturated heterocycles. The molecule has 0 amide bonds. The Labute approximate surface area is 86.5 Å². The lowest BCUT2D eigenvalue weighted by molar-refractivity contribution is -0.122. The molecular weight excluding hydrogens is 180 g/mol. The molecule has 0 aromatic heterocycles. The van der Waals surface area contributed by atoms with Gasteiger partial charge in [0.1, 0.15) is 0 Å². The van der Waals surface area contributed by atoms with Crippen molar-refractivity contribution in [3.63, 3.8) is 0 Å². The van der Waals surface area contributed by atoms with E-state index in [2.05, 4.69) is 13.8 Å². The minimum absolute atomic E-state index is 0.204. The minimum Gasteiger partial charge on any atom is -0.483 e. The first-order valence-corrected chi connectivity index (χ1v) is 5.13. The van der Waals surface area contributed by atoms with Crippen LogP contribution in [0.4, 0.5) is 0 Å². The zero-order valence-corrected chi connectivity index (χ0v) is 9.20. The summed E-state index contributed by atoms with van der Waals surface area (Å²) in [5.74, 6) is 0. The van der Waals surface area contributed by atoms with E-state index >= 15 is 0 Å². The number of unbranched alkanes of at least 4 members (excludes halogenated alkanes) is 2. The average Bonchev–Trinajstić information content (AvgIpc) is 2.18. The number of allylic oxidation sites excluding steroid dienone is 1. The van der Waals surface area contributed by atoms with Crippen LogP contribution in [0.1, 0.15) is 46.0 Å². The third kappa shape index (κ3) is 13.7. The summed E-state index contributed by atoms with van der Waals surface area (Å²) in [6, 6.07) is 0. The first-order chi connectivity index (χ1) is 6.76. The summed E-state index contributed by atoms with van der Waals surface area (Å²) in [5, 5.41) is 15.5. The maximum Gasteiger partial charge on any atom is 0.290 e. The fourth-order valence-electron chi connectivity index (χ4n) is 1.15. The van der Waals surface area contributed by atoms with Crippen LogP contribution in [-0.4, -0.2) is 23.3 Å². The van der Waals surface area contributed by atoms with Gasteiger partial charge in [0.05, 0.1) is 6.61 Å². The Morgan fingerprint density at radius 1 is 1.29 bits per heavy atom. The fraction of sp³-hybridized carbons (Fsp3) is 0.727. The van der Waals surface area contributed by atoms with Crippen molar-refractivity contribution < 1.29 is 15.0 Å². The van der Waals surface area contributed by atoms with Crippen molar-refractivity contribution in [1.82, 2.24) is 0 Å². The molecule has 0 heterocycles. The van der Waals surface area contributed by atoms with Gasteiger partial charge in [-0.05, 0) is 19.3 Å². The molecular formula is C11H22O3. The molecule has 0 aliphatic rings. The molecule has 0 saturated carbocycles. The number of aliphatic hydroxyl groups excluding tert-OH is 1. The van der Waals surface area contributed by atoms with Gasteiger partial charge in [-0.3, -0.25) is 4.79 Å². The third-order valence-corrected chi connectivity index (χ3v) is 1.94. The summed E-state index contributed by atoms with van der Waals surface area (Å²) in [6.07, 6.45) is 8.06. The quantitative estimate of drug-likeness (QED) is 0.395. The second kappa shape index (κ2) is 14.7. The average molecular weight is 202 g/mol. The number of hydrogen-bond acceptors (Lipinski definition) is 2. The summed E-state index contributed by atoms with van der Waals surface area (Å²) in [5.41, 5.74) is 1.40. The summed E-state index contributed by atoms with van der Waals surface area (Å²) in [7, 11) is 0. The molecule has 84 valence electrons.